The van der Waals surface area contributed by atoms with E-state index in [-0.39, 0.29) is 11.0 Å². The molecule has 0 bridgehead atoms. The van der Waals surface area contributed by atoms with Crippen LogP contribution in [0.2, 0.25) is 10.0 Å². The van der Waals surface area contributed by atoms with E-state index in [2.05, 4.69) is 33.2 Å². The highest BCUT2D eigenvalue weighted by molar-refractivity contribution is 14.1. The summed E-state index contributed by atoms with van der Waals surface area (Å²) in [6.45, 7) is 1.97. The van der Waals surface area contributed by atoms with Crippen molar-refractivity contribution in [3.05, 3.63) is 79.5 Å². The van der Waals surface area contributed by atoms with Crippen LogP contribution in [0, 0.1) is 10.5 Å². The van der Waals surface area contributed by atoms with Crippen LogP contribution >= 0.6 is 58.0 Å². The Labute approximate surface area is 197 Å². The summed E-state index contributed by atoms with van der Waals surface area (Å²) in [4.78, 5) is 12.1. The zero-order chi connectivity index (χ0) is 21.0. The maximum Gasteiger partial charge on any atom is 0.250 e. The molecule has 0 unspecified atom stereocenters. The minimum absolute atomic E-state index is 0.219. The fraction of sp³-hybridized carbons (Fsp3) is 0.0476. The molecule has 2 N–H and O–H groups in total. The lowest BCUT2D eigenvalue weighted by Crippen LogP contribution is -2.33. The predicted octanol–water partition coefficient (Wildman–Crippen LogP) is 6.69. The third kappa shape index (κ3) is 6.05. The molecular weight excluding hydrogens is 542 g/mol. The molecule has 0 fully saturated rings. The molecule has 1 aromatic heterocycles. The Morgan fingerprint density at radius 3 is 2.66 bits per heavy atom. The summed E-state index contributed by atoms with van der Waals surface area (Å²) in [7, 11) is 0. The Hall–Kier alpha value is -1.87. The van der Waals surface area contributed by atoms with Gasteiger partial charge in [0.05, 0.1) is 5.02 Å². The lowest BCUT2D eigenvalue weighted by Gasteiger charge is -2.10. The number of aryl methyl sites for hydroxylation is 1. The van der Waals surface area contributed by atoms with Crippen LogP contribution in [-0.4, -0.2) is 11.0 Å². The van der Waals surface area contributed by atoms with E-state index in [1.165, 1.54) is 6.08 Å². The molecule has 2 aromatic carbocycles. The van der Waals surface area contributed by atoms with E-state index in [9.17, 15) is 4.79 Å². The summed E-state index contributed by atoms with van der Waals surface area (Å²) < 4.78 is 6.85. The molecule has 0 atom stereocenters. The van der Waals surface area contributed by atoms with Gasteiger partial charge in [-0.1, -0.05) is 23.2 Å². The van der Waals surface area contributed by atoms with Crippen molar-refractivity contribution >= 4 is 80.8 Å². The first kappa shape index (κ1) is 21.8. The van der Waals surface area contributed by atoms with Crippen LogP contribution in [0.1, 0.15) is 11.3 Å². The van der Waals surface area contributed by atoms with Crippen molar-refractivity contribution in [2.75, 3.05) is 5.32 Å². The van der Waals surface area contributed by atoms with Crippen molar-refractivity contribution in [1.82, 2.24) is 5.32 Å². The molecule has 0 aliphatic carbocycles. The molecule has 0 aliphatic heterocycles. The van der Waals surface area contributed by atoms with Crippen molar-refractivity contribution in [3.8, 4) is 11.3 Å². The van der Waals surface area contributed by atoms with Gasteiger partial charge in [-0.2, -0.15) is 0 Å². The molecule has 8 heteroatoms. The highest BCUT2D eigenvalue weighted by Crippen LogP contribution is 2.31. The highest BCUT2D eigenvalue weighted by atomic mass is 127. The molecule has 0 saturated carbocycles. The van der Waals surface area contributed by atoms with Crippen LogP contribution in [0.25, 0.3) is 17.4 Å². The summed E-state index contributed by atoms with van der Waals surface area (Å²) in [5.74, 6) is 0.722. The van der Waals surface area contributed by atoms with E-state index in [0.717, 1.165) is 20.4 Å². The van der Waals surface area contributed by atoms with E-state index in [0.29, 0.717) is 21.6 Å². The van der Waals surface area contributed by atoms with Crippen LogP contribution in [0.15, 0.2) is 59.0 Å². The van der Waals surface area contributed by atoms with Gasteiger partial charge >= 0.3 is 0 Å². The Kier molecular flexibility index (Phi) is 7.34. The zero-order valence-electron chi connectivity index (χ0n) is 15.1. The number of carbonyl (C=O) groups excluding carboxylic acids is 1. The number of rotatable bonds is 4. The minimum Gasteiger partial charge on any atom is -0.457 e. The molecule has 29 heavy (non-hydrogen) atoms. The normalized spacial score (nSPS) is 10.9. The maximum atomic E-state index is 12.1. The molecule has 3 aromatic rings. The van der Waals surface area contributed by atoms with E-state index < -0.39 is 0 Å². The second-order valence-electron chi connectivity index (χ2n) is 6.06. The third-order valence-electron chi connectivity index (χ3n) is 3.90. The largest absolute Gasteiger partial charge is 0.457 e. The number of thiocarbonyl (C=S) groups is 1. The van der Waals surface area contributed by atoms with Gasteiger partial charge in [-0.3, -0.25) is 10.1 Å². The number of furan rings is 1. The van der Waals surface area contributed by atoms with Crippen molar-refractivity contribution in [1.29, 1.82) is 0 Å². The van der Waals surface area contributed by atoms with Gasteiger partial charge in [0.1, 0.15) is 11.5 Å². The average molecular weight is 557 g/mol. The number of hydrogen-bond acceptors (Lipinski definition) is 3. The first-order valence-electron chi connectivity index (χ1n) is 8.43. The molecule has 1 amide bonds. The van der Waals surface area contributed by atoms with Crippen molar-refractivity contribution in [2.45, 2.75) is 6.92 Å². The molecule has 0 spiro atoms. The number of halogens is 3. The molecule has 1 heterocycles. The number of anilines is 1. The van der Waals surface area contributed by atoms with E-state index in [4.69, 9.17) is 39.8 Å². The van der Waals surface area contributed by atoms with Crippen molar-refractivity contribution in [2.24, 2.45) is 0 Å². The Morgan fingerprint density at radius 2 is 1.93 bits per heavy atom. The highest BCUT2D eigenvalue weighted by Gasteiger charge is 2.09. The maximum absolute atomic E-state index is 12.1. The quantitative estimate of drug-likeness (QED) is 0.213. The van der Waals surface area contributed by atoms with Gasteiger partial charge in [0.25, 0.3) is 0 Å². The second kappa shape index (κ2) is 9.75. The topological polar surface area (TPSA) is 54.3 Å². The summed E-state index contributed by atoms with van der Waals surface area (Å²) in [6.07, 6.45) is 2.91. The molecule has 0 aliphatic rings. The molecule has 4 nitrogen and oxygen atoms in total. The monoisotopic (exact) mass is 556 g/mol. The Balaban J connectivity index is 1.60. The van der Waals surface area contributed by atoms with Gasteiger partial charge in [0, 0.05) is 25.9 Å². The predicted molar refractivity (Wildman–Crippen MR) is 131 cm³/mol. The fourth-order valence-corrected chi connectivity index (χ4v) is 3.87. The van der Waals surface area contributed by atoms with Crippen LogP contribution in [0.3, 0.4) is 0 Å². The lowest BCUT2D eigenvalue weighted by molar-refractivity contribution is -0.115. The summed E-state index contributed by atoms with van der Waals surface area (Å²) >= 11 is 19.6. The minimum atomic E-state index is -0.367. The van der Waals surface area contributed by atoms with Gasteiger partial charge in [-0.05, 0) is 102 Å². The molecule has 0 saturated heterocycles. The van der Waals surface area contributed by atoms with E-state index in [1.54, 1.807) is 36.4 Å². The van der Waals surface area contributed by atoms with Gasteiger partial charge < -0.3 is 9.73 Å². The number of amides is 1. The van der Waals surface area contributed by atoms with Crippen LogP contribution < -0.4 is 10.6 Å². The van der Waals surface area contributed by atoms with Gasteiger partial charge in [-0.15, -0.1) is 0 Å². The average Bonchev–Trinajstić information content (AvgIpc) is 3.11. The number of nitrogens with one attached hydrogen (secondary N) is 2. The molecule has 3 rings (SSSR count). The van der Waals surface area contributed by atoms with Crippen LogP contribution in [0.4, 0.5) is 5.69 Å². The fourth-order valence-electron chi connectivity index (χ4n) is 2.51. The standard InChI is InChI=1S/C21H15Cl2IN2O2S/c1-12-10-14(24)3-7-18(12)25-21(29)26-20(27)9-5-15-4-8-19(28-15)16-6-2-13(22)11-17(16)23/h2-11H,1H3,(H2,25,26,27,29)/b9-5+. The number of carbonyl (C=O) groups is 1. The van der Waals surface area contributed by atoms with Gasteiger partial charge in [0.2, 0.25) is 5.91 Å². The Morgan fingerprint density at radius 1 is 1.14 bits per heavy atom. The van der Waals surface area contributed by atoms with Gasteiger partial charge in [-0.25, -0.2) is 0 Å². The summed E-state index contributed by atoms with van der Waals surface area (Å²) in [5.41, 5.74) is 2.60. The summed E-state index contributed by atoms with van der Waals surface area (Å²) in [5, 5.41) is 6.88. The van der Waals surface area contributed by atoms with Crippen molar-refractivity contribution < 1.29 is 9.21 Å². The molecule has 148 valence electrons. The molecule has 0 radical (unpaired) electrons. The first-order valence-corrected chi connectivity index (χ1v) is 10.7. The van der Waals surface area contributed by atoms with Crippen molar-refractivity contribution in [3.63, 3.8) is 0 Å². The zero-order valence-corrected chi connectivity index (χ0v) is 19.6. The number of benzene rings is 2. The van der Waals surface area contributed by atoms with E-state index >= 15 is 0 Å². The molecular formula is C21H15Cl2IN2O2S. The van der Waals surface area contributed by atoms with E-state index in [1.807, 2.05) is 25.1 Å². The number of hydrogen-bond donors (Lipinski definition) is 2. The first-order chi connectivity index (χ1) is 13.8. The Bertz CT molecular complexity index is 1110. The van der Waals surface area contributed by atoms with Gasteiger partial charge in [0.15, 0.2) is 5.11 Å². The van der Waals surface area contributed by atoms with Crippen LogP contribution in [-0.2, 0) is 4.79 Å². The second-order valence-corrected chi connectivity index (χ2v) is 8.56. The summed E-state index contributed by atoms with van der Waals surface area (Å²) in [6, 6.07) is 14.6. The third-order valence-corrected chi connectivity index (χ3v) is 5.32. The lowest BCUT2D eigenvalue weighted by atomic mass is 10.2. The smallest absolute Gasteiger partial charge is 0.250 e. The SMILES string of the molecule is Cc1cc(I)ccc1NC(=S)NC(=O)/C=C/c1ccc(-c2ccc(Cl)cc2Cl)o1. The van der Waals surface area contributed by atoms with Crippen LogP contribution in [0.5, 0.6) is 0 Å².